The van der Waals surface area contributed by atoms with Crippen LogP contribution >= 0.6 is 0 Å². The number of amides is 1. The van der Waals surface area contributed by atoms with E-state index in [1.165, 1.54) is 29.4 Å². The summed E-state index contributed by atoms with van der Waals surface area (Å²) in [5, 5.41) is 0. The van der Waals surface area contributed by atoms with Crippen LogP contribution in [0.3, 0.4) is 0 Å². The van der Waals surface area contributed by atoms with Crippen LogP contribution < -0.4 is 4.74 Å². The number of carbonyl (C=O) groups is 2. The molecule has 0 N–H and O–H groups in total. The van der Waals surface area contributed by atoms with Gasteiger partial charge in [-0.2, -0.15) is 0 Å². The number of fused-ring (bicyclic) bond motifs is 5. The second-order valence-electron chi connectivity index (χ2n) is 9.65. The fourth-order valence-corrected chi connectivity index (χ4v) is 6.06. The second-order valence-corrected chi connectivity index (χ2v) is 9.65. The maximum absolute atomic E-state index is 13.4. The Morgan fingerprint density at radius 3 is 2.22 bits per heavy atom. The van der Waals surface area contributed by atoms with Crippen LogP contribution in [-0.4, -0.2) is 60.8 Å². The summed E-state index contributed by atoms with van der Waals surface area (Å²) in [5.74, 6) is 0.126. The van der Waals surface area contributed by atoms with Crippen molar-refractivity contribution < 1.29 is 23.8 Å². The molecule has 0 saturated carbocycles. The molecule has 1 aliphatic carbocycles. The molecule has 6 rings (SSSR count). The van der Waals surface area contributed by atoms with Gasteiger partial charge in [-0.15, -0.1) is 0 Å². The van der Waals surface area contributed by atoms with Crippen molar-refractivity contribution in [2.45, 2.75) is 30.8 Å². The minimum atomic E-state index is -0.333. The molecule has 1 aromatic heterocycles. The molecule has 36 heavy (non-hydrogen) atoms. The zero-order valence-electron chi connectivity index (χ0n) is 20.1. The van der Waals surface area contributed by atoms with Gasteiger partial charge in [0.25, 0.3) is 0 Å². The van der Waals surface area contributed by atoms with Gasteiger partial charge in [0, 0.05) is 18.0 Å². The number of carbonyl (C=O) groups excluding carboxylic acids is 2. The lowest BCUT2D eigenvalue weighted by Gasteiger charge is -2.47. The molecule has 2 unspecified atom stereocenters. The number of nitrogens with zero attached hydrogens (tertiary/aromatic N) is 2. The van der Waals surface area contributed by atoms with E-state index >= 15 is 0 Å². The summed E-state index contributed by atoms with van der Waals surface area (Å²) >= 11 is 0. The Bertz CT molecular complexity index is 1250. The Hall–Kier alpha value is -3.71. The van der Waals surface area contributed by atoms with E-state index in [2.05, 4.69) is 29.2 Å². The highest BCUT2D eigenvalue weighted by Crippen LogP contribution is 2.45. The largest absolute Gasteiger partial charge is 0.480 e. The van der Waals surface area contributed by atoms with Gasteiger partial charge in [-0.1, -0.05) is 48.5 Å². The van der Waals surface area contributed by atoms with E-state index in [1.807, 2.05) is 24.3 Å². The Morgan fingerprint density at radius 2 is 1.58 bits per heavy atom. The first-order valence-electron chi connectivity index (χ1n) is 12.4. The Labute approximate surface area is 210 Å². The smallest absolute Gasteiger partial charge is 0.410 e. The van der Waals surface area contributed by atoms with Crippen LogP contribution in [0.5, 0.6) is 5.88 Å². The van der Waals surface area contributed by atoms with Gasteiger partial charge in [0.2, 0.25) is 5.88 Å². The van der Waals surface area contributed by atoms with Gasteiger partial charge in [-0.25, -0.2) is 9.78 Å². The molecule has 184 valence electrons. The molecular weight excluding hydrogens is 456 g/mol. The maximum atomic E-state index is 13.4. The SMILES string of the molecule is COc1ncccc1C(=O)C1CC2COCC(C1)N2C(=O)OCC1c2ccccc2-c2ccccc21. The standard InChI is InChI=1S/C29H28N2O5/c1-34-28-25(11-6-12-30-28)27(32)18-13-19-15-35-16-20(14-18)31(19)29(33)36-17-26-23-9-4-2-7-21(23)22-8-3-5-10-24(22)26/h2-12,18-20,26H,13-17H2,1H3. The molecule has 3 aromatic rings. The van der Waals surface area contributed by atoms with Crippen LogP contribution in [-0.2, 0) is 9.47 Å². The van der Waals surface area contributed by atoms with E-state index in [0.717, 1.165) is 0 Å². The third kappa shape index (κ3) is 3.84. The lowest BCUT2D eigenvalue weighted by molar-refractivity contribution is -0.0748. The maximum Gasteiger partial charge on any atom is 0.410 e. The van der Waals surface area contributed by atoms with Crippen molar-refractivity contribution >= 4 is 11.9 Å². The lowest BCUT2D eigenvalue weighted by atomic mass is 9.81. The molecule has 2 aliphatic heterocycles. The average molecular weight is 485 g/mol. The number of hydrogen-bond acceptors (Lipinski definition) is 6. The zero-order valence-corrected chi connectivity index (χ0v) is 20.1. The summed E-state index contributed by atoms with van der Waals surface area (Å²) in [5.41, 5.74) is 5.25. The summed E-state index contributed by atoms with van der Waals surface area (Å²) in [6.07, 6.45) is 2.33. The van der Waals surface area contributed by atoms with Gasteiger partial charge in [-0.05, 0) is 47.2 Å². The molecular formula is C29H28N2O5. The highest BCUT2D eigenvalue weighted by Gasteiger charge is 2.45. The first-order chi connectivity index (χ1) is 17.7. The second kappa shape index (κ2) is 9.39. The van der Waals surface area contributed by atoms with Gasteiger partial charge in [0.05, 0.1) is 38.0 Å². The number of ketones is 1. The summed E-state index contributed by atoms with van der Waals surface area (Å²) in [6.45, 7) is 1.07. The highest BCUT2D eigenvalue weighted by molar-refractivity contribution is 6.00. The Balaban J connectivity index is 1.17. The number of rotatable bonds is 5. The van der Waals surface area contributed by atoms with Crippen LogP contribution in [0.15, 0.2) is 66.9 Å². The predicted octanol–water partition coefficient (Wildman–Crippen LogP) is 4.70. The number of Topliss-reactive ketones (excluding diaryl/α,β-unsaturated/α-hetero) is 1. The molecule has 2 saturated heterocycles. The van der Waals surface area contributed by atoms with E-state index in [9.17, 15) is 9.59 Å². The predicted molar refractivity (Wildman–Crippen MR) is 133 cm³/mol. The third-order valence-corrected chi connectivity index (χ3v) is 7.67. The van der Waals surface area contributed by atoms with Crippen molar-refractivity contribution in [3.8, 4) is 17.0 Å². The number of hydrogen-bond donors (Lipinski definition) is 0. The van der Waals surface area contributed by atoms with Crippen molar-refractivity contribution in [3.05, 3.63) is 83.6 Å². The minimum absolute atomic E-state index is 0.00374. The van der Waals surface area contributed by atoms with Crippen molar-refractivity contribution in [1.29, 1.82) is 0 Å². The number of piperidine rings is 1. The lowest BCUT2D eigenvalue weighted by Crippen LogP contribution is -2.60. The van der Waals surface area contributed by atoms with Gasteiger partial charge in [-0.3, -0.25) is 9.69 Å². The molecule has 2 fully saturated rings. The monoisotopic (exact) mass is 484 g/mol. The molecule has 0 spiro atoms. The van der Waals surface area contributed by atoms with Crippen molar-refractivity contribution in [3.63, 3.8) is 0 Å². The van der Waals surface area contributed by atoms with Crippen LogP contribution in [0.4, 0.5) is 4.79 Å². The van der Waals surface area contributed by atoms with E-state index in [0.29, 0.717) is 37.5 Å². The van der Waals surface area contributed by atoms with E-state index in [-0.39, 0.29) is 42.4 Å². The van der Waals surface area contributed by atoms with Gasteiger partial charge < -0.3 is 14.2 Å². The third-order valence-electron chi connectivity index (χ3n) is 7.67. The fourth-order valence-electron chi connectivity index (χ4n) is 6.06. The van der Waals surface area contributed by atoms with Crippen LogP contribution in [0.1, 0.15) is 40.2 Å². The summed E-state index contributed by atoms with van der Waals surface area (Å²) in [7, 11) is 1.52. The summed E-state index contributed by atoms with van der Waals surface area (Å²) in [4.78, 5) is 32.7. The van der Waals surface area contributed by atoms with E-state index < -0.39 is 0 Å². The Kier molecular flexibility index (Phi) is 5.93. The minimum Gasteiger partial charge on any atom is -0.480 e. The topological polar surface area (TPSA) is 78.0 Å². The van der Waals surface area contributed by atoms with Crippen LogP contribution in [0.2, 0.25) is 0 Å². The number of methoxy groups -OCH3 is 1. The molecule has 2 bridgehead atoms. The summed E-state index contributed by atoms with van der Waals surface area (Å²) in [6, 6.07) is 19.7. The van der Waals surface area contributed by atoms with Gasteiger partial charge in [0.15, 0.2) is 5.78 Å². The number of ether oxygens (including phenoxy) is 3. The van der Waals surface area contributed by atoms with Crippen LogP contribution in [0.25, 0.3) is 11.1 Å². The van der Waals surface area contributed by atoms with E-state index in [1.54, 1.807) is 23.2 Å². The highest BCUT2D eigenvalue weighted by atomic mass is 16.6. The van der Waals surface area contributed by atoms with Crippen LogP contribution in [0, 0.1) is 5.92 Å². The molecule has 3 heterocycles. The fraction of sp³-hybridized carbons (Fsp3) is 0.345. The number of benzene rings is 2. The number of pyridine rings is 1. The van der Waals surface area contributed by atoms with Crippen molar-refractivity contribution in [2.24, 2.45) is 5.92 Å². The molecule has 2 atom stereocenters. The zero-order chi connectivity index (χ0) is 24.6. The molecule has 0 radical (unpaired) electrons. The normalized spacial score (nSPS) is 22.5. The first kappa shape index (κ1) is 22.7. The number of aromatic nitrogens is 1. The van der Waals surface area contributed by atoms with E-state index in [4.69, 9.17) is 14.2 Å². The molecule has 1 amide bonds. The van der Waals surface area contributed by atoms with Crippen molar-refractivity contribution in [2.75, 3.05) is 26.9 Å². The van der Waals surface area contributed by atoms with Gasteiger partial charge in [0.1, 0.15) is 6.61 Å². The molecule has 3 aliphatic rings. The quantitative estimate of drug-likeness (QED) is 0.489. The Morgan fingerprint density at radius 1 is 0.944 bits per heavy atom. The first-order valence-corrected chi connectivity index (χ1v) is 12.4. The molecule has 2 aromatic carbocycles. The molecule has 7 heteroatoms. The molecule has 7 nitrogen and oxygen atoms in total. The summed E-state index contributed by atoms with van der Waals surface area (Å²) < 4.78 is 17.0. The average Bonchev–Trinajstić information content (AvgIpc) is 3.24. The van der Waals surface area contributed by atoms with Crippen molar-refractivity contribution in [1.82, 2.24) is 9.88 Å². The van der Waals surface area contributed by atoms with Gasteiger partial charge >= 0.3 is 6.09 Å². The number of morpholine rings is 1.